The summed E-state index contributed by atoms with van der Waals surface area (Å²) in [5.74, 6) is 0.815. The van der Waals surface area contributed by atoms with Gasteiger partial charge in [0.25, 0.3) is 0 Å². The van der Waals surface area contributed by atoms with E-state index in [2.05, 4.69) is 30.2 Å². The smallest absolute Gasteiger partial charge is 0.234 e. The molecule has 0 saturated carbocycles. The Morgan fingerprint density at radius 3 is 2.60 bits per heavy atom. The van der Waals surface area contributed by atoms with Crippen LogP contribution in [0, 0.1) is 6.92 Å². The van der Waals surface area contributed by atoms with Crippen molar-refractivity contribution in [2.45, 2.75) is 19.9 Å². The Bertz CT molecular complexity index is 679. The number of carbonyl (C=O) groups excluding carboxylic acids is 1. The summed E-state index contributed by atoms with van der Waals surface area (Å²) in [6.07, 6.45) is 7.32. The van der Waals surface area contributed by atoms with Crippen LogP contribution in [0.4, 0.5) is 5.95 Å². The number of aromatic nitrogens is 4. The van der Waals surface area contributed by atoms with Crippen molar-refractivity contribution in [3.05, 3.63) is 36.4 Å². The van der Waals surface area contributed by atoms with Gasteiger partial charge >= 0.3 is 0 Å². The molecule has 0 radical (unpaired) electrons. The number of hydrogen-bond acceptors (Lipinski definition) is 6. The first-order chi connectivity index (χ1) is 12.1. The van der Waals surface area contributed by atoms with Crippen LogP contribution in [0.1, 0.15) is 18.5 Å². The van der Waals surface area contributed by atoms with E-state index in [9.17, 15) is 4.79 Å². The summed E-state index contributed by atoms with van der Waals surface area (Å²) in [5.41, 5.74) is 1.12. The molecule has 1 amide bonds. The maximum absolute atomic E-state index is 12.2. The number of amides is 1. The van der Waals surface area contributed by atoms with Crippen LogP contribution in [0.5, 0.6) is 0 Å². The Kier molecular flexibility index (Phi) is 5.60. The molecule has 134 valence electrons. The highest BCUT2D eigenvalue weighted by atomic mass is 16.2. The highest BCUT2D eigenvalue weighted by Gasteiger charge is 2.20. The molecule has 8 nitrogen and oxygen atoms in total. The second-order valence-electron chi connectivity index (χ2n) is 6.46. The van der Waals surface area contributed by atoms with Gasteiger partial charge in [-0.15, -0.1) is 0 Å². The van der Waals surface area contributed by atoms with E-state index in [1.165, 1.54) is 0 Å². The van der Waals surface area contributed by atoms with Crippen molar-refractivity contribution in [3.63, 3.8) is 0 Å². The third-order valence-electron chi connectivity index (χ3n) is 4.35. The van der Waals surface area contributed by atoms with E-state index in [-0.39, 0.29) is 11.9 Å². The van der Waals surface area contributed by atoms with Crippen LogP contribution < -0.4 is 10.2 Å². The average Bonchev–Trinajstić information content (AvgIpc) is 3.08. The van der Waals surface area contributed by atoms with E-state index in [1.807, 2.05) is 37.0 Å². The number of nitrogens with one attached hydrogen (secondary N) is 1. The molecule has 1 aliphatic heterocycles. The molecule has 1 aliphatic rings. The topological polar surface area (TPSA) is 79.2 Å². The Labute approximate surface area is 147 Å². The first-order valence-corrected chi connectivity index (χ1v) is 8.63. The van der Waals surface area contributed by atoms with Gasteiger partial charge in [0.1, 0.15) is 0 Å². The van der Waals surface area contributed by atoms with Gasteiger partial charge in [-0.25, -0.2) is 9.97 Å². The van der Waals surface area contributed by atoms with Gasteiger partial charge in [-0.3, -0.25) is 14.4 Å². The van der Waals surface area contributed by atoms with Crippen LogP contribution in [0.2, 0.25) is 0 Å². The lowest BCUT2D eigenvalue weighted by molar-refractivity contribution is -0.122. The minimum atomic E-state index is 0.0557. The lowest BCUT2D eigenvalue weighted by atomic mass is 10.3. The van der Waals surface area contributed by atoms with Gasteiger partial charge < -0.3 is 10.2 Å². The van der Waals surface area contributed by atoms with Crippen molar-refractivity contribution in [3.8, 4) is 0 Å². The fraction of sp³-hybridized carbons (Fsp3) is 0.529. The fourth-order valence-electron chi connectivity index (χ4n) is 2.85. The molecule has 1 atom stereocenters. The standard InChI is InChI=1S/C17H25N7O/c1-14-10-21-24(12-14)15(2)11-20-16(25)13-22-6-8-23(9-7-22)17-18-4-3-5-19-17/h3-5,10,12,15H,6-9,11,13H2,1-2H3,(H,20,25)/t15-/m1/s1. The number of rotatable bonds is 6. The summed E-state index contributed by atoms with van der Waals surface area (Å²) in [6.45, 7) is 8.39. The molecule has 2 aromatic rings. The first-order valence-electron chi connectivity index (χ1n) is 8.63. The Hall–Kier alpha value is -2.48. The quantitative estimate of drug-likeness (QED) is 0.822. The highest BCUT2D eigenvalue weighted by Crippen LogP contribution is 2.09. The van der Waals surface area contributed by atoms with Crippen LogP contribution >= 0.6 is 0 Å². The largest absolute Gasteiger partial charge is 0.353 e. The van der Waals surface area contributed by atoms with Gasteiger partial charge in [0.15, 0.2) is 0 Å². The van der Waals surface area contributed by atoms with E-state index in [1.54, 1.807) is 12.4 Å². The summed E-state index contributed by atoms with van der Waals surface area (Å²) < 4.78 is 1.88. The van der Waals surface area contributed by atoms with Crippen LogP contribution in [0.3, 0.4) is 0 Å². The van der Waals surface area contributed by atoms with E-state index in [0.29, 0.717) is 13.1 Å². The molecule has 3 rings (SSSR count). The average molecular weight is 343 g/mol. The zero-order chi connectivity index (χ0) is 17.6. The normalized spacial score (nSPS) is 16.6. The molecule has 3 heterocycles. The Morgan fingerprint density at radius 1 is 1.24 bits per heavy atom. The Balaban J connectivity index is 1.39. The van der Waals surface area contributed by atoms with E-state index in [0.717, 1.165) is 37.7 Å². The van der Waals surface area contributed by atoms with Gasteiger partial charge in [0.05, 0.1) is 18.8 Å². The maximum Gasteiger partial charge on any atom is 0.234 e. The zero-order valence-electron chi connectivity index (χ0n) is 14.8. The molecule has 0 bridgehead atoms. The number of nitrogens with zero attached hydrogens (tertiary/aromatic N) is 6. The number of piperazine rings is 1. The number of anilines is 1. The van der Waals surface area contributed by atoms with Crippen LogP contribution in [-0.2, 0) is 4.79 Å². The lowest BCUT2D eigenvalue weighted by Gasteiger charge is -2.34. The van der Waals surface area contributed by atoms with Crippen molar-refractivity contribution in [2.24, 2.45) is 0 Å². The summed E-state index contributed by atoms with van der Waals surface area (Å²) in [5, 5.41) is 7.28. The molecule has 1 saturated heterocycles. The summed E-state index contributed by atoms with van der Waals surface area (Å²) in [6, 6.07) is 1.96. The predicted octanol–water partition coefficient (Wildman–Crippen LogP) is 0.481. The molecule has 2 aromatic heterocycles. The molecule has 8 heteroatoms. The van der Waals surface area contributed by atoms with E-state index >= 15 is 0 Å². The number of carbonyl (C=O) groups is 1. The summed E-state index contributed by atoms with van der Waals surface area (Å²) >= 11 is 0. The van der Waals surface area contributed by atoms with Gasteiger partial charge in [0, 0.05) is 51.3 Å². The second-order valence-corrected chi connectivity index (χ2v) is 6.46. The molecule has 1 N–H and O–H groups in total. The molecule has 1 fully saturated rings. The monoisotopic (exact) mass is 343 g/mol. The lowest BCUT2D eigenvalue weighted by Crippen LogP contribution is -2.50. The van der Waals surface area contributed by atoms with Gasteiger partial charge in [0.2, 0.25) is 11.9 Å². The van der Waals surface area contributed by atoms with Crippen LogP contribution in [-0.4, -0.2) is 69.8 Å². The fourth-order valence-corrected chi connectivity index (χ4v) is 2.85. The number of aryl methyl sites for hydroxylation is 1. The molecular weight excluding hydrogens is 318 g/mol. The van der Waals surface area contributed by atoms with Crippen molar-refractivity contribution in [1.29, 1.82) is 0 Å². The molecular formula is C17H25N7O. The zero-order valence-corrected chi connectivity index (χ0v) is 14.8. The minimum absolute atomic E-state index is 0.0557. The maximum atomic E-state index is 12.2. The van der Waals surface area contributed by atoms with Gasteiger partial charge in [-0.05, 0) is 25.5 Å². The summed E-state index contributed by atoms with van der Waals surface area (Å²) in [4.78, 5) is 25.0. The van der Waals surface area contributed by atoms with Crippen LogP contribution in [0.15, 0.2) is 30.9 Å². The summed E-state index contributed by atoms with van der Waals surface area (Å²) in [7, 11) is 0. The van der Waals surface area contributed by atoms with Gasteiger partial charge in [-0.2, -0.15) is 5.10 Å². The number of hydrogen-bond donors (Lipinski definition) is 1. The third kappa shape index (κ3) is 4.76. The molecule has 0 aromatic carbocycles. The predicted molar refractivity (Wildman–Crippen MR) is 95.4 cm³/mol. The minimum Gasteiger partial charge on any atom is -0.353 e. The van der Waals surface area contributed by atoms with Crippen molar-refractivity contribution in [1.82, 2.24) is 30.0 Å². The van der Waals surface area contributed by atoms with Crippen molar-refractivity contribution >= 4 is 11.9 Å². The first kappa shape index (κ1) is 17.3. The van der Waals surface area contributed by atoms with E-state index < -0.39 is 0 Å². The van der Waals surface area contributed by atoms with Crippen LogP contribution in [0.25, 0.3) is 0 Å². The molecule has 0 unspecified atom stereocenters. The molecule has 0 aliphatic carbocycles. The SMILES string of the molecule is Cc1cnn([C@H](C)CNC(=O)CN2CCN(c3ncccn3)CC2)c1. The second kappa shape index (κ2) is 8.06. The third-order valence-corrected chi connectivity index (χ3v) is 4.35. The highest BCUT2D eigenvalue weighted by molar-refractivity contribution is 5.78. The molecule has 0 spiro atoms. The van der Waals surface area contributed by atoms with Crippen molar-refractivity contribution < 1.29 is 4.79 Å². The molecule has 25 heavy (non-hydrogen) atoms. The van der Waals surface area contributed by atoms with Crippen molar-refractivity contribution in [2.75, 3.05) is 44.2 Å². The van der Waals surface area contributed by atoms with E-state index in [4.69, 9.17) is 0 Å². The van der Waals surface area contributed by atoms with Gasteiger partial charge in [-0.1, -0.05) is 0 Å². The Morgan fingerprint density at radius 2 is 1.96 bits per heavy atom.